The molecule has 8 bridgehead atoms. The van der Waals surface area contributed by atoms with Gasteiger partial charge in [-0.2, -0.15) is 74.6 Å². The van der Waals surface area contributed by atoms with Crippen molar-refractivity contribution in [3.63, 3.8) is 0 Å². The second-order valence-electron chi connectivity index (χ2n) is 16.1. The Morgan fingerprint density at radius 2 is 0.870 bits per heavy atom. The molecule has 5 rings (SSSR count). The number of alkyl halides is 17. The summed E-state index contributed by atoms with van der Waals surface area (Å²) in [6.45, 7) is 14.3. The Bertz CT molecular complexity index is 2710. The molecule has 3 aromatic heterocycles. The van der Waals surface area contributed by atoms with E-state index in [9.17, 15) is 62.2 Å². The largest absolute Gasteiger partial charge is 2.00 e. The summed E-state index contributed by atoms with van der Waals surface area (Å²) in [7, 11) is 0. The molecule has 0 radical (unpaired) electrons. The van der Waals surface area contributed by atoms with E-state index in [0.29, 0.717) is 76.5 Å². The topological polar surface area (TPSA) is 74.2 Å². The molecule has 0 saturated heterocycles. The summed E-state index contributed by atoms with van der Waals surface area (Å²) in [6.07, 6.45) is -9.62. The Morgan fingerprint density at radius 3 is 1.28 bits per heavy atom. The molecule has 0 spiro atoms. The Morgan fingerprint density at radius 1 is 0.493 bits per heavy atom. The third-order valence-corrected chi connectivity index (χ3v) is 12.4. The van der Waals surface area contributed by atoms with Crippen molar-refractivity contribution in [3.8, 4) is 0 Å². The summed E-state index contributed by atoms with van der Waals surface area (Å²) in [5, 5.41) is 10.5. The number of halogens is 17. The molecule has 384 valence electrons. The fourth-order valence-corrected chi connectivity index (χ4v) is 8.60. The van der Waals surface area contributed by atoms with Crippen molar-refractivity contribution in [2.75, 3.05) is 0 Å². The molecule has 0 aromatic carbocycles. The number of rotatable bonds is 16. The molecule has 1 N–H and O–H groups in total. The van der Waals surface area contributed by atoms with Gasteiger partial charge >= 0.3 is 64.1 Å². The molecule has 3 aromatic rings. The number of aliphatic hydroxyl groups excluding tert-OH is 1. The van der Waals surface area contributed by atoms with Crippen molar-refractivity contribution in [2.24, 2.45) is 0 Å². The molecule has 0 amide bonds. The van der Waals surface area contributed by atoms with Crippen LogP contribution in [-0.2, 0) is 42.2 Å². The van der Waals surface area contributed by atoms with E-state index in [1.807, 2.05) is 33.8 Å². The molecular weight excluding hydrogens is 1010 g/mol. The van der Waals surface area contributed by atoms with Crippen LogP contribution in [0.5, 0.6) is 0 Å². The molecule has 0 aliphatic carbocycles. The van der Waals surface area contributed by atoms with Crippen molar-refractivity contribution in [1.29, 1.82) is 0 Å². The molecule has 0 fully saturated rings. The van der Waals surface area contributed by atoms with E-state index in [2.05, 4.69) is 0 Å². The number of hydrogen-bond donors (Lipinski definition) is 1. The molecule has 1 unspecified atom stereocenters. The normalized spacial score (nSPS) is 15.4. The Hall–Kier alpha value is -4.40. The molecule has 5 heterocycles. The Balaban J connectivity index is 0.0000104. The standard InChI is InChI=1S/C46H45F17N4O.Ni/c1-9-22-21(8)30-18-31-23(10-2)24(11-3)32(64-31)19-33-25(12-4)26(13-5)34(65-33)20-35-27(14-6)28(15-7)38(67-35)29(37(22)66-30)16-17-36(68)39(47,48)40(49,50)41(51,52)42(53,54)43(55,56)44(57,58)45(59,60)46(61,62)63;/h16-20,36,68H,9-15H2,1-8H3;/q-2;+2/b17-16+,30-18?,31-18?,32-19?,33-19?,34-20?,35-20?,37-29?,38-29?;. The molecule has 23 heteroatoms. The third-order valence-electron chi connectivity index (χ3n) is 12.4. The van der Waals surface area contributed by atoms with E-state index in [4.69, 9.17) is 19.9 Å². The van der Waals surface area contributed by atoms with Crippen LogP contribution in [0, 0.1) is 0 Å². The molecular formula is C46H45F17N4NiO. The molecule has 0 saturated carbocycles. The molecule has 5 nitrogen and oxygen atoms in total. The van der Waals surface area contributed by atoms with Crippen molar-refractivity contribution < 1.29 is 96.2 Å². The van der Waals surface area contributed by atoms with Crippen LogP contribution in [0.3, 0.4) is 0 Å². The maximum absolute atomic E-state index is 15.5. The van der Waals surface area contributed by atoms with E-state index in [1.54, 1.807) is 39.8 Å². The third kappa shape index (κ3) is 8.59. The Labute approximate surface area is 394 Å². The van der Waals surface area contributed by atoms with Gasteiger partial charge < -0.3 is 15.1 Å². The van der Waals surface area contributed by atoms with Crippen molar-refractivity contribution in [1.82, 2.24) is 19.9 Å². The van der Waals surface area contributed by atoms with Crippen molar-refractivity contribution in [2.45, 2.75) is 154 Å². The van der Waals surface area contributed by atoms with Crippen LogP contribution in [0.15, 0.2) is 24.3 Å². The van der Waals surface area contributed by atoms with Crippen LogP contribution in [0.2, 0.25) is 0 Å². The van der Waals surface area contributed by atoms with Crippen LogP contribution < -0.4 is 9.97 Å². The first-order chi connectivity index (χ1) is 31.2. The van der Waals surface area contributed by atoms with Gasteiger partial charge in [-0.05, 0) is 85.8 Å². The Kier molecular flexibility index (Phi) is 16.0. The van der Waals surface area contributed by atoms with Crippen LogP contribution in [-0.4, -0.2) is 68.8 Å². The summed E-state index contributed by atoms with van der Waals surface area (Å²) in [6, 6.07) is 5.19. The van der Waals surface area contributed by atoms with E-state index in [-0.39, 0.29) is 69.8 Å². The van der Waals surface area contributed by atoms with E-state index < -0.39 is 53.7 Å². The fraction of sp³-hybridized carbons (Fsp3) is 0.522. The maximum Gasteiger partial charge on any atom is 2.00 e. The molecule has 2 aliphatic rings. The summed E-state index contributed by atoms with van der Waals surface area (Å²) >= 11 is 0. The zero-order valence-corrected chi connectivity index (χ0v) is 38.9. The number of aliphatic hydroxyl groups is 1. The zero-order valence-electron chi connectivity index (χ0n) is 37.9. The van der Waals surface area contributed by atoms with Crippen LogP contribution in [0.4, 0.5) is 74.6 Å². The predicted octanol–water partition coefficient (Wildman–Crippen LogP) is 14.3. The first-order valence-electron chi connectivity index (χ1n) is 21.4. The molecule has 1 atom stereocenters. The molecule has 2 aliphatic heterocycles. The number of aromatic nitrogens is 4. The minimum absolute atomic E-state index is 0. The van der Waals surface area contributed by atoms with Gasteiger partial charge in [-0.1, -0.05) is 95.0 Å². The predicted molar refractivity (Wildman–Crippen MR) is 222 cm³/mol. The van der Waals surface area contributed by atoms with Crippen LogP contribution in [0.1, 0.15) is 125 Å². The van der Waals surface area contributed by atoms with Gasteiger partial charge in [0.1, 0.15) is 6.10 Å². The monoisotopic (exact) mass is 1050 g/mol. The first-order valence-corrected chi connectivity index (χ1v) is 21.4. The number of nitrogens with zero attached hydrogens (tertiary/aromatic N) is 4. The quantitative estimate of drug-likeness (QED) is 0.114. The second kappa shape index (κ2) is 19.3. The average molecular weight is 1050 g/mol. The average Bonchev–Trinajstić information content (AvgIpc) is 3.98. The number of aryl methyl sites for hydroxylation is 4. The van der Waals surface area contributed by atoms with Gasteiger partial charge in [-0.25, -0.2) is 9.97 Å². The van der Waals surface area contributed by atoms with Gasteiger partial charge in [0.05, 0.1) is 22.8 Å². The first kappa shape index (κ1) is 57.2. The number of allylic oxidation sites excluding steroid dienone is 4. The van der Waals surface area contributed by atoms with E-state index in [1.165, 1.54) is 0 Å². The van der Waals surface area contributed by atoms with Gasteiger partial charge in [-0.15, -0.1) is 22.1 Å². The minimum Gasteiger partial charge on any atom is -0.657 e. The van der Waals surface area contributed by atoms with Gasteiger partial charge in [0.25, 0.3) is 0 Å². The van der Waals surface area contributed by atoms with Crippen LogP contribution >= 0.6 is 0 Å². The van der Waals surface area contributed by atoms with Gasteiger partial charge in [0.2, 0.25) is 0 Å². The smallest absolute Gasteiger partial charge is 0.657 e. The maximum atomic E-state index is 15.5. The fourth-order valence-electron chi connectivity index (χ4n) is 8.60. The molecule has 69 heavy (non-hydrogen) atoms. The second-order valence-corrected chi connectivity index (χ2v) is 16.1. The minimum atomic E-state index is -8.80. The number of hydrogen-bond acceptors (Lipinski definition) is 3. The van der Waals surface area contributed by atoms with Crippen molar-refractivity contribution in [3.05, 3.63) is 74.9 Å². The SMILES string of the molecule is CCC1=C(CC)c2cc3[n-]c(c(/C=C/C(O)C(F)(F)C(F)(F)C(F)(F)C(F)(F)C(F)(F)C(F)(F)C(F)(F)C(F)(F)F)c4nc(cc5[n-]c(cc1n2)c(CC)c5CC)C(C)=C4CC)c(CC)c3CC.[Ni+2]. The van der Waals surface area contributed by atoms with Gasteiger partial charge in [0.15, 0.2) is 0 Å². The van der Waals surface area contributed by atoms with Gasteiger partial charge in [0, 0.05) is 0 Å². The van der Waals surface area contributed by atoms with Gasteiger partial charge in [-0.3, -0.25) is 0 Å². The summed E-state index contributed by atoms with van der Waals surface area (Å²) in [5.41, 5.74) is 7.48. The van der Waals surface area contributed by atoms with Crippen LogP contribution in [0.25, 0.3) is 50.4 Å². The number of fused-ring (bicyclic) bond motifs is 8. The zero-order chi connectivity index (χ0) is 51.7. The summed E-state index contributed by atoms with van der Waals surface area (Å²) in [4.78, 5) is 19.5. The van der Waals surface area contributed by atoms with E-state index in [0.717, 1.165) is 22.3 Å². The summed E-state index contributed by atoms with van der Waals surface area (Å²) < 4.78 is 241. The van der Waals surface area contributed by atoms with E-state index >= 15 is 17.6 Å². The van der Waals surface area contributed by atoms with Crippen molar-refractivity contribution >= 4 is 50.4 Å². The summed E-state index contributed by atoms with van der Waals surface area (Å²) in [5.74, 6) is -58.3.